The van der Waals surface area contributed by atoms with E-state index in [0.29, 0.717) is 12.1 Å². The third-order valence-electron chi connectivity index (χ3n) is 3.76. The van der Waals surface area contributed by atoms with Gasteiger partial charge in [0, 0.05) is 24.2 Å². The molecule has 0 saturated heterocycles. The molecule has 0 bridgehead atoms. The third-order valence-corrected chi connectivity index (χ3v) is 3.76. The molecule has 0 atom stereocenters. The second-order valence-corrected chi connectivity index (χ2v) is 5.28. The summed E-state index contributed by atoms with van der Waals surface area (Å²) in [6, 6.07) is 3.59. The Labute approximate surface area is 120 Å². The average Bonchev–Trinajstić information content (AvgIpc) is 3.05. The van der Waals surface area contributed by atoms with Crippen molar-refractivity contribution in [3.63, 3.8) is 0 Å². The molecule has 1 fully saturated rings. The molecule has 3 rings (SSSR count). The molecule has 1 aromatic carbocycles. The van der Waals surface area contributed by atoms with Crippen LogP contribution in [-0.2, 0) is 16.8 Å². The first kappa shape index (κ1) is 13.7. The Morgan fingerprint density at radius 2 is 2.19 bits per heavy atom. The van der Waals surface area contributed by atoms with Crippen molar-refractivity contribution in [1.82, 2.24) is 20.3 Å². The summed E-state index contributed by atoms with van der Waals surface area (Å²) in [5.74, 6) is -1.37. The normalized spacial score (nSPS) is 15.7. The fraction of sp³-hybridized carbons (Fsp3) is 0.357. The molecule has 0 aliphatic heterocycles. The average molecular weight is 292 g/mol. The van der Waals surface area contributed by atoms with Crippen molar-refractivity contribution in [2.45, 2.75) is 24.8 Å². The minimum Gasteiger partial charge on any atom is -0.354 e. The van der Waals surface area contributed by atoms with E-state index in [1.165, 1.54) is 23.0 Å². The Bertz CT molecular complexity index is 653. The fourth-order valence-corrected chi connectivity index (χ4v) is 2.40. The summed E-state index contributed by atoms with van der Waals surface area (Å²) in [4.78, 5) is 11.8. The van der Waals surface area contributed by atoms with E-state index in [4.69, 9.17) is 0 Å². The van der Waals surface area contributed by atoms with Crippen molar-refractivity contribution in [1.29, 1.82) is 0 Å². The second kappa shape index (κ2) is 5.23. The van der Waals surface area contributed by atoms with Crippen molar-refractivity contribution >= 4 is 5.91 Å². The lowest BCUT2D eigenvalue weighted by Crippen LogP contribution is -2.35. The first-order valence-corrected chi connectivity index (χ1v) is 6.65. The van der Waals surface area contributed by atoms with Gasteiger partial charge in [-0.15, -0.1) is 5.10 Å². The number of rotatable bonds is 5. The van der Waals surface area contributed by atoms with Gasteiger partial charge in [0.2, 0.25) is 5.91 Å². The Morgan fingerprint density at radius 3 is 2.81 bits per heavy atom. The summed E-state index contributed by atoms with van der Waals surface area (Å²) in [6.45, 7) is 0.408. The molecule has 7 heteroatoms. The van der Waals surface area contributed by atoms with E-state index in [2.05, 4.69) is 15.6 Å². The molecule has 21 heavy (non-hydrogen) atoms. The molecular formula is C14H14F2N4O. The van der Waals surface area contributed by atoms with E-state index < -0.39 is 17.0 Å². The van der Waals surface area contributed by atoms with Gasteiger partial charge in [-0.3, -0.25) is 4.79 Å². The predicted octanol–water partition coefficient (Wildman–Crippen LogP) is 1.40. The molecule has 1 aromatic heterocycles. The van der Waals surface area contributed by atoms with Crippen LogP contribution in [0.4, 0.5) is 8.78 Å². The first-order valence-electron chi connectivity index (χ1n) is 6.65. The number of amides is 1. The summed E-state index contributed by atoms with van der Waals surface area (Å²) < 4.78 is 28.2. The van der Waals surface area contributed by atoms with Gasteiger partial charge in [0.1, 0.15) is 18.2 Å². The number of halogens is 2. The smallest absolute Gasteiger partial charge is 0.241 e. The van der Waals surface area contributed by atoms with Crippen LogP contribution in [0.5, 0.6) is 0 Å². The third kappa shape index (κ3) is 2.91. The number of benzene rings is 1. The first-order chi connectivity index (χ1) is 10.1. The number of nitrogens with one attached hydrogen (secondary N) is 1. The van der Waals surface area contributed by atoms with Crippen LogP contribution >= 0.6 is 0 Å². The minimum atomic E-state index is -0.595. The van der Waals surface area contributed by atoms with Crippen molar-refractivity contribution in [3.8, 4) is 0 Å². The van der Waals surface area contributed by atoms with Gasteiger partial charge >= 0.3 is 0 Å². The molecule has 0 unspecified atom stereocenters. The van der Waals surface area contributed by atoms with Crippen LogP contribution in [0, 0.1) is 11.6 Å². The maximum absolute atomic E-state index is 13.8. The van der Waals surface area contributed by atoms with Gasteiger partial charge in [-0.2, -0.15) is 0 Å². The highest BCUT2D eigenvalue weighted by atomic mass is 19.1. The lowest BCUT2D eigenvalue weighted by molar-refractivity contribution is -0.122. The lowest BCUT2D eigenvalue weighted by Gasteiger charge is -2.17. The number of hydrogen-bond acceptors (Lipinski definition) is 3. The van der Waals surface area contributed by atoms with Gasteiger partial charge in [0.05, 0.1) is 6.20 Å². The standard InChI is InChI=1S/C14H14F2N4O/c15-10-1-2-11(12(16)7-10)14(3-4-14)9-17-13(21)8-20-6-5-18-19-20/h1-2,5-7H,3-4,8-9H2,(H,17,21). The van der Waals surface area contributed by atoms with Gasteiger partial charge in [0.15, 0.2) is 0 Å². The molecule has 1 saturated carbocycles. The molecule has 0 spiro atoms. The molecule has 110 valence electrons. The molecule has 0 radical (unpaired) electrons. The lowest BCUT2D eigenvalue weighted by atomic mass is 9.95. The van der Waals surface area contributed by atoms with Crippen LogP contribution in [0.2, 0.25) is 0 Å². The van der Waals surface area contributed by atoms with E-state index in [-0.39, 0.29) is 12.5 Å². The number of aromatic nitrogens is 3. The predicted molar refractivity (Wildman–Crippen MR) is 70.3 cm³/mol. The van der Waals surface area contributed by atoms with Crippen LogP contribution in [0.15, 0.2) is 30.6 Å². The van der Waals surface area contributed by atoms with Crippen LogP contribution in [0.1, 0.15) is 18.4 Å². The molecule has 1 N–H and O–H groups in total. The summed E-state index contributed by atoms with van der Waals surface area (Å²) in [7, 11) is 0. The van der Waals surface area contributed by atoms with Crippen LogP contribution in [-0.4, -0.2) is 27.4 Å². The van der Waals surface area contributed by atoms with Gasteiger partial charge in [-0.1, -0.05) is 11.3 Å². The Morgan fingerprint density at radius 1 is 1.38 bits per heavy atom. The SMILES string of the molecule is O=C(Cn1ccnn1)NCC1(c2ccc(F)cc2F)CC1. The summed E-state index contributed by atoms with van der Waals surface area (Å²) >= 11 is 0. The topological polar surface area (TPSA) is 59.8 Å². The van der Waals surface area contributed by atoms with Gasteiger partial charge in [0.25, 0.3) is 0 Å². The van der Waals surface area contributed by atoms with E-state index in [1.54, 1.807) is 6.20 Å². The Hall–Kier alpha value is -2.31. The number of hydrogen-bond donors (Lipinski definition) is 1. The zero-order valence-electron chi connectivity index (χ0n) is 11.2. The number of carbonyl (C=O) groups is 1. The number of nitrogens with zero attached hydrogens (tertiary/aromatic N) is 3. The fourth-order valence-electron chi connectivity index (χ4n) is 2.40. The zero-order valence-corrected chi connectivity index (χ0v) is 11.2. The van der Waals surface area contributed by atoms with E-state index in [1.807, 2.05) is 0 Å². The highest BCUT2D eigenvalue weighted by Crippen LogP contribution is 2.48. The summed E-state index contributed by atoms with van der Waals surface area (Å²) in [5, 5.41) is 10.1. The number of carbonyl (C=O) groups excluding carboxylic acids is 1. The summed E-state index contributed by atoms with van der Waals surface area (Å²) in [6.07, 6.45) is 4.63. The quantitative estimate of drug-likeness (QED) is 0.906. The Kier molecular flexibility index (Phi) is 3.40. The van der Waals surface area contributed by atoms with Crippen molar-refractivity contribution in [2.24, 2.45) is 0 Å². The highest BCUT2D eigenvalue weighted by Gasteiger charge is 2.46. The van der Waals surface area contributed by atoms with Crippen molar-refractivity contribution in [3.05, 3.63) is 47.8 Å². The van der Waals surface area contributed by atoms with Gasteiger partial charge in [-0.05, 0) is 24.5 Å². The molecule has 1 aliphatic rings. The largest absolute Gasteiger partial charge is 0.354 e. The molecular weight excluding hydrogens is 278 g/mol. The maximum atomic E-state index is 13.8. The molecule has 5 nitrogen and oxygen atoms in total. The van der Waals surface area contributed by atoms with Crippen LogP contribution in [0.25, 0.3) is 0 Å². The monoisotopic (exact) mass is 292 g/mol. The Balaban J connectivity index is 1.63. The zero-order chi connectivity index (χ0) is 14.9. The second-order valence-electron chi connectivity index (χ2n) is 5.28. The van der Waals surface area contributed by atoms with E-state index >= 15 is 0 Å². The van der Waals surface area contributed by atoms with Crippen molar-refractivity contribution in [2.75, 3.05) is 6.54 Å². The van der Waals surface area contributed by atoms with Gasteiger partial charge < -0.3 is 5.32 Å². The van der Waals surface area contributed by atoms with Crippen LogP contribution in [0.3, 0.4) is 0 Å². The minimum absolute atomic E-state index is 0.0714. The molecule has 1 amide bonds. The van der Waals surface area contributed by atoms with Gasteiger partial charge in [-0.25, -0.2) is 13.5 Å². The maximum Gasteiger partial charge on any atom is 0.241 e. The van der Waals surface area contributed by atoms with Crippen LogP contribution < -0.4 is 5.32 Å². The molecule has 2 aromatic rings. The van der Waals surface area contributed by atoms with E-state index in [9.17, 15) is 13.6 Å². The molecule has 1 heterocycles. The molecule has 1 aliphatic carbocycles. The van der Waals surface area contributed by atoms with E-state index in [0.717, 1.165) is 18.9 Å². The highest BCUT2D eigenvalue weighted by molar-refractivity contribution is 5.75. The summed E-state index contributed by atoms with van der Waals surface area (Å²) in [5.41, 5.74) is 0.0560. The van der Waals surface area contributed by atoms with Crippen molar-refractivity contribution < 1.29 is 13.6 Å².